The summed E-state index contributed by atoms with van der Waals surface area (Å²) in [5.74, 6) is 0.645. The summed E-state index contributed by atoms with van der Waals surface area (Å²) < 4.78 is 7.22. The lowest BCUT2D eigenvalue weighted by Gasteiger charge is -2.06. The second-order valence-electron chi connectivity index (χ2n) is 4.24. The molecule has 0 radical (unpaired) electrons. The molecule has 2 aromatic heterocycles. The number of anilines is 1. The van der Waals surface area contributed by atoms with Gasteiger partial charge in [0, 0.05) is 12.7 Å². The zero-order chi connectivity index (χ0) is 12.3. The molecule has 0 aliphatic rings. The molecule has 0 saturated carbocycles. The first-order chi connectivity index (χ1) is 8.16. The van der Waals surface area contributed by atoms with E-state index >= 15 is 0 Å². The van der Waals surface area contributed by atoms with E-state index in [0.29, 0.717) is 19.1 Å². The molecule has 92 valence electrons. The molecule has 2 aromatic rings. The van der Waals surface area contributed by atoms with Gasteiger partial charge < -0.3 is 10.1 Å². The second-order valence-corrected chi connectivity index (χ2v) is 4.24. The predicted molar refractivity (Wildman–Crippen MR) is 67.3 cm³/mol. The van der Waals surface area contributed by atoms with Gasteiger partial charge in [-0.15, -0.1) is 5.10 Å². The van der Waals surface area contributed by atoms with Crippen LogP contribution >= 0.6 is 0 Å². The largest absolute Gasteiger partial charge is 0.377 e. The standard InChI is InChI=1S/C12H18N4O/c1-9(2)17-8-6-13-12-14-11-10(3)5-4-7-16(11)15-12/h4-5,7,9H,6,8H2,1-3H3,(H,13,15). The van der Waals surface area contributed by atoms with Gasteiger partial charge in [-0.2, -0.15) is 4.98 Å². The van der Waals surface area contributed by atoms with Crippen molar-refractivity contribution in [3.8, 4) is 0 Å². The van der Waals surface area contributed by atoms with E-state index < -0.39 is 0 Å². The molecular formula is C12H18N4O. The Morgan fingerprint density at radius 3 is 3.00 bits per heavy atom. The summed E-state index contributed by atoms with van der Waals surface area (Å²) >= 11 is 0. The van der Waals surface area contributed by atoms with Crippen LogP contribution in [0, 0.1) is 6.92 Å². The molecular weight excluding hydrogens is 216 g/mol. The van der Waals surface area contributed by atoms with E-state index in [4.69, 9.17) is 4.74 Å². The van der Waals surface area contributed by atoms with Crippen LogP contribution < -0.4 is 5.32 Å². The van der Waals surface area contributed by atoms with E-state index in [1.165, 1.54) is 0 Å². The van der Waals surface area contributed by atoms with Crippen LogP contribution in [-0.2, 0) is 4.74 Å². The van der Waals surface area contributed by atoms with Crippen LogP contribution in [0.2, 0.25) is 0 Å². The number of hydrogen-bond donors (Lipinski definition) is 1. The molecule has 0 atom stereocenters. The summed E-state index contributed by atoms with van der Waals surface area (Å²) in [5.41, 5.74) is 2.01. The molecule has 0 aliphatic carbocycles. The zero-order valence-corrected chi connectivity index (χ0v) is 10.5. The highest BCUT2D eigenvalue weighted by Gasteiger charge is 2.04. The van der Waals surface area contributed by atoms with Gasteiger partial charge in [0.15, 0.2) is 5.65 Å². The summed E-state index contributed by atoms with van der Waals surface area (Å²) in [5, 5.41) is 7.48. The smallest absolute Gasteiger partial charge is 0.243 e. The minimum Gasteiger partial charge on any atom is -0.377 e. The topological polar surface area (TPSA) is 51.5 Å². The average molecular weight is 234 g/mol. The fraction of sp³-hybridized carbons (Fsp3) is 0.500. The summed E-state index contributed by atoms with van der Waals surface area (Å²) in [6, 6.07) is 3.98. The molecule has 5 nitrogen and oxygen atoms in total. The summed E-state index contributed by atoms with van der Waals surface area (Å²) in [7, 11) is 0. The maximum Gasteiger partial charge on any atom is 0.243 e. The van der Waals surface area contributed by atoms with E-state index in [-0.39, 0.29) is 6.10 Å². The molecule has 2 heterocycles. The van der Waals surface area contributed by atoms with Gasteiger partial charge in [0.1, 0.15) is 0 Å². The summed E-state index contributed by atoms with van der Waals surface area (Å²) in [4.78, 5) is 4.41. The summed E-state index contributed by atoms with van der Waals surface area (Å²) in [6.45, 7) is 7.44. The molecule has 0 amide bonds. The molecule has 5 heteroatoms. The van der Waals surface area contributed by atoms with Crippen molar-refractivity contribution < 1.29 is 4.74 Å². The van der Waals surface area contributed by atoms with Crippen molar-refractivity contribution in [1.82, 2.24) is 14.6 Å². The SMILES string of the molecule is Cc1cccn2nc(NCCOC(C)C)nc12. The number of hydrogen-bond acceptors (Lipinski definition) is 4. The van der Waals surface area contributed by atoms with Gasteiger partial charge in [-0.1, -0.05) is 6.07 Å². The minimum atomic E-state index is 0.257. The van der Waals surface area contributed by atoms with Gasteiger partial charge in [0.25, 0.3) is 0 Å². The highest BCUT2D eigenvalue weighted by molar-refractivity contribution is 5.49. The predicted octanol–water partition coefficient (Wildman–Crippen LogP) is 1.87. The van der Waals surface area contributed by atoms with Crippen LogP contribution in [0.25, 0.3) is 5.65 Å². The van der Waals surface area contributed by atoms with Crippen LogP contribution in [0.15, 0.2) is 18.3 Å². The maximum absolute atomic E-state index is 5.44. The quantitative estimate of drug-likeness (QED) is 0.802. The van der Waals surface area contributed by atoms with Crippen molar-refractivity contribution in [2.75, 3.05) is 18.5 Å². The molecule has 17 heavy (non-hydrogen) atoms. The first kappa shape index (κ1) is 11.9. The van der Waals surface area contributed by atoms with Gasteiger partial charge in [-0.05, 0) is 32.4 Å². The van der Waals surface area contributed by atoms with Crippen molar-refractivity contribution >= 4 is 11.6 Å². The Labute approximate surface area is 101 Å². The molecule has 0 aliphatic heterocycles. The third kappa shape index (κ3) is 2.94. The monoisotopic (exact) mass is 234 g/mol. The Morgan fingerprint density at radius 2 is 2.29 bits per heavy atom. The Balaban J connectivity index is 1.98. The fourth-order valence-corrected chi connectivity index (χ4v) is 1.57. The van der Waals surface area contributed by atoms with E-state index in [1.807, 2.05) is 39.1 Å². The van der Waals surface area contributed by atoms with E-state index in [0.717, 1.165) is 11.2 Å². The van der Waals surface area contributed by atoms with Gasteiger partial charge in [-0.3, -0.25) is 0 Å². The molecule has 0 saturated heterocycles. The third-order valence-corrected chi connectivity index (χ3v) is 2.39. The van der Waals surface area contributed by atoms with Crippen molar-refractivity contribution in [2.45, 2.75) is 26.9 Å². The van der Waals surface area contributed by atoms with Crippen molar-refractivity contribution in [3.05, 3.63) is 23.9 Å². The van der Waals surface area contributed by atoms with Gasteiger partial charge >= 0.3 is 0 Å². The Hall–Kier alpha value is -1.62. The highest BCUT2D eigenvalue weighted by Crippen LogP contribution is 2.09. The number of nitrogens with one attached hydrogen (secondary N) is 1. The van der Waals surface area contributed by atoms with E-state index in [1.54, 1.807) is 4.52 Å². The lowest BCUT2D eigenvalue weighted by molar-refractivity contribution is 0.0870. The first-order valence-corrected chi connectivity index (χ1v) is 5.84. The number of fused-ring (bicyclic) bond motifs is 1. The van der Waals surface area contributed by atoms with Crippen LogP contribution in [0.1, 0.15) is 19.4 Å². The minimum absolute atomic E-state index is 0.257. The van der Waals surface area contributed by atoms with Crippen molar-refractivity contribution in [2.24, 2.45) is 0 Å². The number of aromatic nitrogens is 3. The third-order valence-electron chi connectivity index (χ3n) is 2.39. The fourth-order valence-electron chi connectivity index (χ4n) is 1.57. The molecule has 0 spiro atoms. The molecule has 0 aromatic carbocycles. The van der Waals surface area contributed by atoms with Gasteiger partial charge in [0.05, 0.1) is 12.7 Å². The van der Waals surface area contributed by atoms with Crippen LogP contribution in [0.5, 0.6) is 0 Å². The lowest BCUT2D eigenvalue weighted by Crippen LogP contribution is -2.13. The second kappa shape index (κ2) is 5.14. The number of aryl methyl sites for hydroxylation is 1. The van der Waals surface area contributed by atoms with Crippen molar-refractivity contribution in [1.29, 1.82) is 0 Å². The molecule has 0 unspecified atom stereocenters. The van der Waals surface area contributed by atoms with Gasteiger partial charge in [-0.25, -0.2) is 4.52 Å². The number of ether oxygens (including phenoxy) is 1. The molecule has 0 bridgehead atoms. The normalized spacial score (nSPS) is 11.3. The Morgan fingerprint density at radius 1 is 1.47 bits per heavy atom. The maximum atomic E-state index is 5.44. The van der Waals surface area contributed by atoms with Crippen molar-refractivity contribution in [3.63, 3.8) is 0 Å². The van der Waals surface area contributed by atoms with Crippen LogP contribution in [0.3, 0.4) is 0 Å². The highest BCUT2D eigenvalue weighted by atomic mass is 16.5. The van der Waals surface area contributed by atoms with E-state index in [2.05, 4.69) is 15.4 Å². The lowest BCUT2D eigenvalue weighted by atomic mass is 10.3. The summed E-state index contributed by atoms with van der Waals surface area (Å²) in [6.07, 6.45) is 2.15. The van der Waals surface area contributed by atoms with Gasteiger partial charge in [0.2, 0.25) is 5.95 Å². The van der Waals surface area contributed by atoms with E-state index in [9.17, 15) is 0 Å². The molecule has 1 N–H and O–H groups in total. The molecule has 0 fully saturated rings. The zero-order valence-electron chi connectivity index (χ0n) is 10.5. The number of rotatable bonds is 5. The Kier molecular flexibility index (Phi) is 3.58. The number of nitrogens with zero attached hydrogens (tertiary/aromatic N) is 3. The first-order valence-electron chi connectivity index (χ1n) is 5.84. The van der Waals surface area contributed by atoms with Crippen LogP contribution in [-0.4, -0.2) is 33.9 Å². The average Bonchev–Trinajstić information content (AvgIpc) is 2.69. The van der Waals surface area contributed by atoms with Crippen LogP contribution in [0.4, 0.5) is 5.95 Å². The molecule has 2 rings (SSSR count). The Bertz CT molecular complexity index is 492. The number of pyridine rings is 1.